The number of hydrogen-bond donors (Lipinski definition) is 1. The summed E-state index contributed by atoms with van der Waals surface area (Å²) < 4.78 is 0. The van der Waals surface area contributed by atoms with Crippen LogP contribution in [0.2, 0.25) is 0 Å². The highest BCUT2D eigenvalue weighted by atomic mass is 16.2. The number of rotatable bonds is 5. The predicted octanol–water partition coefficient (Wildman–Crippen LogP) is 2.49. The average Bonchev–Trinajstić information content (AvgIpc) is 2.42. The summed E-state index contributed by atoms with van der Waals surface area (Å²) >= 11 is 0. The van der Waals surface area contributed by atoms with Gasteiger partial charge in [0, 0.05) is 32.1 Å². The lowest BCUT2D eigenvalue weighted by Crippen LogP contribution is -2.58. The monoisotopic (exact) mass is 339 g/mol. The summed E-state index contributed by atoms with van der Waals surface area (Å²) in [6, 6.07) is -0.400. The maximum Gasteiger partial charge on any atom is 0.239 e. The Kier molecular flexibility index (Phi) is 7.26. The van der Waals surface area contributed by atoms with E-state index in [1.807, 2.05) is 30.6 Å². The molecule has 1 saturated heterocycles. The summed E-state index contributed by atoms with van der Waals surface area (Å²) in [6.45, 7) is 16.5. The van der Waals surface area contributed by atoms with E-state index in [9.17, 15) is 9.59 Å². The molecular formula is C19H37N3O2. The molecule has 0 aromatic heterocycles. The summed E-state index contributed by atoms with van der Waals surface area (Å²) in [5.74, 6) is 0.717. The van der Waals surface area contributed by atoms with Crippen LogP contribution in [0.3, 0.4) is 0 Å². The minimum atomic E-state index is -0.453. The Balaban J connectivity index is 2.57. The van der Waals surface area contributed by atoms with Gasteiger partial charge in [0.05, 0.1) is 6.04 Å². The fourth-order valence-corrected chi connectivity index (χ4v) is 3.56. The van der Waals surface area contributed by atoms with Crippen LogP contribution < -0.4 is 5.73 Å². The minimum absolute atomic E-state index is 0.00468. The van der Waals surface area contributed by atoms with E-state index in [4.69, 9.17) is 5.73 Å². The van der Waals surface area contributed by atoms with Gasteiger partial charge in [-0.05, 0) is 30.6 Å². The lowest BCUT2D eigenvalue weighted by Gasteiger charge is -2.41. The molecule has 0 radical (unpaired) electrons. The molecular weight excluding hydrogens is 302 g/mol. The van der Waals surface area contributed by atoms with Crippen molar-refractivity contribution in [1.29, 1.82) is 0 Å². The highest BCUT2D eigenvalue weighted by molar-refractivity contribution is 5.82. The number of hydrogen-bond acceptors (Lipinski definition) is 3. The van der Waals surface area contributed by atoms with Gasteiger partial charge in [-0.2, -0.15) is 0 Å². The van der Waals surface area contributed by atoms with Crippen molar-refractivity contribution in [2.24, 2.45) is 23.0 Å². The summed E-state index contributed by atoms with van der Waals surface area (Å²) in [5, 5.41) is 0. The molecule has 0 aromatic carbocycles. The Morgan fingerprint density at radius 1 is 1.17 bits per heavy atom. The highest BCUT2D eigenvalue weighted by Crippen LogP contribution is 2.27. The van der Waals surface area contributed by atoms with Crippen LogP contribution in [0.1, 0.15) is 61.3 Å². The zero-order valence-electron chi connectivity index (χ0n) is 16.6. The van der Waals surface area contributed by atoms with Gasteiger partial charge in [-0.1, -0.05) is 41.5 Å². The van der Waals surface area contributed by atoms with Gasteiger partial charge < -0.3 is 15.5 Å². The fourth-order valence-electron chi connectivity index (χ4n) is 3.56. The molecule has 3 atom stereocenters. The van der Waals surface area contributed by atoms with Crippen LogP contribution in [0.4, 0.5) is 0 Å². The molecule has 2 N–H and O–H groups in total. The van der Waals surface area contributed by atoms with Crippen molar-refractivity contribution in [1.82, 2.24) is 9.80 Å². The van der Waals surface area contributed by atoms with Gasteiger partial charge in [0.25, 0.3) is 0 Å². The van der Waals surface area contributed by atoms with Crippen molar-refractivity contribution in [3.63, 3.8) is 0 Å². The number of piperazine rings is 1. The van der Waals surface area contributed by atoms with Gasteiger partial charge in [-0.3, -0.25) is 9.59 Å². The minimum Gasteiger partial charge on any atom is -0.338 e. The Morgan fingerprint density at radius 3 is 2.21 bits per heavy atom. The van der Waals surface area contributed by atoms with Gasteiger partial charge in [0.2, 0.25) is 11.8 Å². The van der Waals surface area contributed by atoms with E-state index in [1.165, 1.54) is 0 Å². The lowest BCUT2D eigenvalue weighted by molar-refractivity contribution is -0.144. The zero-order chi connectivity index (χ0) is 18.7. The van der Waals surface area contributed by atoms with Crippen LogP contribution in [-0.2, 0) is 9.59 Å². The number of carbonyl (C=O) groups is 2. The van der Waals surface area contributed by atoms with Crippen molar-refractivity contribution in [3.8, 4) is 0 Å². The first kappa shape index (κ1) is 20.9. The molecule has 1 rings (SSSR count). The molecule has 0 aromatic rings. The highest BCUT2D eigenvalue weighted by Gasteiger charge is 2.33. The predicted molar refractivity (Wildman–Crippen MR) is 98.4 cm³/mol. The molecule has 0 bridgehead atoms. The summed E-state index contributed by atoms with van der Waals surface area (Å²) in [7, 11) is 0. The van der Waals surface area contributed by atoms with Crippen LogP contribution in [0.15, 0.2) is 0 Å². The zero-order valence-corrected chi connectivity index (χ0v) is 16.6. The van der Waals surface area contributed by atoms with E-state index < -0.39 is 6.04 Å². The second-order valence-corrected chi connectivity index (χ2v) is 9.06. The van der Waals surface area contributed by atoms with Crippen LogP contribution in [0.25, 0.3) is 0 Å². The van der Waals surface area contributed by atoms with E-state index >= 15 is 0 Å². The molecule has 0 spiro atoms. The van der Waals surface area contributed by atoms with Crippen molar-refractivity contribution in [3.05, 3.63) is 0 Å². The molecule has 5 heteroatoms. The third kappa shape index (κ3) is 6.08. The number of nitrogens with zero attached hydrogens (tertiary/aromatic N) is 2. The lowest BCUT2D eigenvalue weighted by atomic mass is 9.84. The van der Waals surface area contributed by atoms with Crippen LogP contribution in [-0.4, -0.2) is 53.3 Å². The molecule has 1 aliphatic heterocycles. The molecule has 2 amide bonds. The standard InChI is InChI=1S/C19H37N3O2/c1-13(2)17(20)18(24)21-8-9-22(15(4)12-21)16(23)10-14(3)11-19(5,6)7/h13-15,17H,8-12,20H2,1-7H3/t14-,15+,17+/m0/s1. The van der Waals surface area contributed by atoms with Gasteiger partial charge >= 0.3 is 0 Å². The average molecular weight is 340 g/mol. The number of nitrogens with two attached hydrogens (primary N) is 1. The summed E-state index contributed by atoms with van der Waals surface area (Å²) in [4.78, 5) is 28.8. The topological polar surface area (TPSA) is 66.6 Å². The number of carbonyl (C=O) groups excluding carboxylic acids is 2. The first-order chi connectivity index (χ1) is 10.9. The first-order valence-electron chi connectivity index (χ1n) is 9.26. The third-order valence-corrected chi connectivity index (χ3v) is 4.75. The molecule has 1 aliphatic rings. The van der Waals surface area contributed by atoms with Crippen molar-refractivity contribution in [2.75, 3.05) is 19.6 Å². The van der Waals surface area contributed by atoms with E-state index in [-0.39, 0.29) is 29.2 Å². The molecule has 0 aliphatic carbocycles. The first-order valence-corrected chi connectivity index (χ1v) is 9.26. The fraction of sp³-hybridized carbons (Fsp3) is 0.895. The molecule has 24 heavy (non-hydrogen) atoms. The summed E-state index contributed by atoms with van der Waals surface area (Å²) in [6.07, 6.45) is 1.62. The van der Waals surface area contributed by atoms with Gasteiger partial charge in [-0.25, -0.2) is 0 Å². The smallest absolute Gasteiger partial charge is 0.239 e. The van der Waals surface area contributed by atoms with Gasteiger partial charge in [-0.15, -0.1) is 0 Å². The Labute approximate surface area is 147 Å². The molecule has 0 saturated carbocycles. The molecule has 140 valence electrons. The maximum absolute atomic E-state index is 12.6. The van der Waals surface area contributed by atoms with Crippen molar-refractivity contribution >= 4 is 11.8 Å². The van der Waals surface area contributed by atoms with E-state index in [1.54, 1.807) is 0 Å². The Morgan fingerprint density at radius 2 is 1.75 bits per heavy atom. The molecule has 1 fully saturated rings. The van der Waals surface area contributed by atoms with E-state index in [2.05, 4.69) is 27.7 Å². The van der Waals surface area contributed by atoms with Crippen LogP contribution in [0, 0.1) is 17.3 Å². The SMILES string of the molecule is CC(C)[C@@H](N)C(=O)N1CCN(C(=O)C[C@H](C)CC(C)(C)C)[C@H](C)C1. The largest absolute Gasteiger partial charge is 0.338 e. The second-order valence-electron chi connectivity index (χ2n) is 9.06. The molecule has 1 heterocycles. The molecule has 0 unspecified atom stereocenters. The summed E-state index contributed by atoms with van der Waals surface area (Å²) in [5.41, 5.74) is 6.22. The van der Waals surface area contributed by atoms with Crippen molar-refractivity contribution in [2.45, 2.75) is 73.4 Å². The third-order valence-electron chi connectivity index (χ3n) is 4.75. The second kappa shape index (κ2) is 8.32. The number of amides is 2. The van der Waals surface area contributed by atoms with Crippen LogP contribution >= 0.6 is 0 Å². The van der Waals surface area contributed by atoms with E-state index in [0.717, 1.165) is 6.42 Å². The molecule has 5 nitrogen and oxygen atoms in total. The normalized spacial score (nSPS) is 21.8. The van der Waals surface area contributed by atoms with E-state index in [0.29, 0.717) is 32.0 Å². The Hall–Kier alpha value is -1.10. The van der Waals surface area contributed by atoms with Crippen molar-refractivity contribution < 1.29 is 9.59 Å². The van der Waals surface area contributed by atoms with Crippen LogP contribution in [0.5, 0.6) is 0 Å². The quantitative estimate of drug-likeness (QED) is 0.837. The van der Waals surface area contributed by atoms with Gasteiger partial charge in [0.15, 0.2) is 0 Å². The van der Waals surface area contributed by atoms with Gasteiger partial charge in [0.1, 0.15) is 0 Å². The Bertz CT molecular complexity index is 442. The maximum atomic E-state index is 12.6.